The monoisotopic (exact) mass is 425 g/mol. The molecule has 3 rings (SSSR count). The van der Waals surface area contributed by atoms with Gasteiger partial charge in [0, 0.05) is 29.0 Å². The second-order valence-electron chi connectivity index (χ2n) is 8.02. The highest BCUT2D eigenvalue weighted by Crippen LogP contribution is 2.48. The molecule has 0 aliphatic carbocycles. The highest BCUT2D eigenvalue weighted by molar-refractivity contribution is 9.10. The van der Waals surface area contributed by atoms with Gasteiger partial charge < -0.3 is 15.4 Å². The Morgan fingerprint density at radius 3 is 2.44 bits per heavy atom. The van der Waals surface area contributed by atoms with Gasteiger partial charge in [-0.1, -0.05) is 12.2 Å². The van der Waals surface area contributed by atoms with Crippen molar-refractivity contribution >= 4 is 39.2 Å². The van der Waals surface area contributed by atoms with Gasteiger partial charge in [-0.25, -0.2) is 4.79 Å². The fraction of sp³-hybridized carbons (Fsp3) is 0.611. The van der Waals surface area contributed by atoms with Crippen molar-refractivity contribution in [3.05, 3.63) is 28.5 Å². The molecule has 0 aromatic carbocycles. The van der Waals surface area contributed by atoms with Crippen LogP contribution in [0.15, 0.2) is 22.9 Å². The lowest BCUT2D eigenvalue weighted by Gasteiger charge is -2.46. The number of pyridine rings is 1. The number of amides is 1. The van der Waals surface area contributed by atoms with Crippen LogP contribution in [0.2, 0.25) is 0 Å². The summed E-state index contributed by atoms with van der Waals surface area (Å²) >= 11 is 8.96. The lowest BCUT2D eigenvalue weighted by atomic mass is 9.70. The molecule has 1 aromatic rings. The Hall–Kier alpha value is -1.21. The fourth-order valence-corrected chi connectivity index (χ4v) is 4.76. The molecule has 25 heavy (non-hydrogen) atoms. The van der Waals surface area contributed by atoms with Crippen molar-refractivity contribution < 1.29 is 9.53 Å². The molecule has 0 spiro atoms. The average Bonchev–Trinajstić information content (AvgIpc) is 2.76. The maximum atomic E-state index is 12.7. The summed E-state index contributed by atoms with van der Waals surface area (Å²) in [5.41, 5.74) is 6.32. The smallest absolute Gasteiger partial charge is 0.410 e. The molecule has 0 unspecified atom stereocenters. The Morgan fingerprint density at radius 2 is 1.96 bits per heavy atom. The van der Waals surface area contributed by atoms with Gasteiger partial charge in [-0.05, 0) is 74.0 Å². The third kappa shape index (κ3) is 3.53. The van der Waals surface area contributed by atoms with Gasteiger partial charge in [0.05, 0.1) is 10.4 Å². The van der Waals surface area contributed by atoms with E-state index in [1.807, 2.05) is 37.9 Å². The van der Waals surface area contributed by atoms with E-state index in [0.29, 0.717) is 4.99 Å². The summed E-state index contributed by atoms with van der Waals surface area (Å²) in [6.07, 6.45) is 6.70. The summed E-state index contributed by atoms with van der Waals surface area (Å²) < 4.78 is 6.52. The summed E-state index contributed by atoms with van der Waals surface area (Å²) in [5, 5.41) is 0. The number of nitrogens with zero attached hydrogens (tertiary/aromatic N) is 2. The van der Waals surface area contributed by atoms with Crippen LogP contribution in [0.4, 0.5) is 4.79 Å². The molecule has 1 aromatic heterocycles. The van der Waals surface area contributed by atoms with Crippen LogP contribution in [0.25, 0.3) is 0 Å². The van der Waals surface area contributed by atoms with Crippen molar-refractivity contribution in [1.82, 2.24) is 9.88 Å². The van der Waals surface area contributed by atoms with E-state index in [1.54, 1.807) is 6.20 Å². The van der Waals surface area contributed by atoms with Crippen molar-refractivity contribution in [2.75, 3.05) is 0 Å². The van der Waals surface area contributed by atoms with Crippen LogP contribution in [0, 0.1) is 0 Å². The highest BCUT2D eigenvalue weighted by Gasteiger charge is 2.53. The van der Waals surface area contributed by atoms with Gasteiger partial charge in [-0.2, -0.15) is 0 Å². The first kappa shape index (κ1) is 18.6. The molecule has 7 heteroatoms. The summed E-state index contributed by atoms with van der Waals surface area (Å²) in [6.45, 7) is 5.68. The Labute approximate surface area is 162 Å². The predicted molar refractivity (Wildman–Crippen MR) is 105 cm³/mol. The second kappa shape index (κ2) is 6.50. The fourth-order valence-electron chi connectivity index (χ4n) is 4.12. The summed E-state index contributed by atoms with van der Waals surface area (Å²) in [7, 11) is 0. The van der Waals surface area contributed by atoms with E-state index < -0.39 is 11.0 Å². The van der Waals surface area contributed by atoms with Crippen molar-refractivity contribution in [2.45, 2.75) is 69.6 Å². The zero-order chi connectivity index (χ0) is 18.4. The molecule has 0 radical (unpaired) electrons. The minimum absolute atomic E-state index is 0.0917. The number of halogens is 1. The molecule has 3 heterocycles. The molecule has 2 fully saturated rings. The number of piperidine rings is 1. The predicted octanol–water partition coefficient (Wildman–Crippen LogP) is 3.93. The van der Waals surface area contributed by atoms with E-state index in [2.05, 4.69) is 20.9 Å². The maximum absolute atomic E-state index is 12.7. The van der Waals surface area contributed by atoms with Crippen LogP contribution in [0.1, 0.15) is 52.0 Å². The molecule has 136 valence electrons. The number of nitrogens with two attached hydrogens (primary N) is 1. The molecule has 3 atom stereocenters. The van der Waals surface area contributed by atoms with E-state index in [4.69, 9.17) is 22.7 Å². The number of fused-ring (bicyclic) bond motifs is 2. The molecule has 2 saturated heterocycles. The number of carbonyl (C=O) groups excluding carboxylic acids is 1. The molecule has 0 saturated carbocycles. The standard InChI is InChI=1S/C18H24BrN3O2S/c1-17(2,3)24-16(23)22-13-4-5-14(22)8-18(7-13,15(20)25)11-6-12(19)10-21-9-11/h6,9-10,13-14H,4-5,7-8H2,1-3H3,(H2,20,25)/t13-,14+,18+. The number of hydrogen-bond donors (Lipinski definition) is 1. The topological polar surface area (TPSA) is 68.5 Å². The first-order valence-corrected chi connectivity index (χ1v) is 9.75. The Bertz CT molecular complexity index is 690. The maximum Gasteiger partial charge on any atom is 0.410 e. The third-order valence-corrected chi connectivity index (χ3v) is 5.95. The van der Waals surface area contributed by atoms with Crippen molar-refractivity contribution in [3.8, 4) is 0 Å². The van der Waals surface area contributed by atoms with Gasteiger partial charge >= 0.3 is 6.09 Å². The van der Waals surface area contributed by atoms with Gasteiger partial charge in [0.2, 0.25) is 0 Å². The quantitative estimate of drug-likeness (QED) is 0.726. The van der Waals surface area contributed by atoms with Gasteiger partial charge in [0.25, 0.3) is 0 Å². The average molecular weight is 426 g/mol. The van der Waals surface area contributed by atoms with Crippen LogP contribution in [0.5, 0.6) is 0 Å². The summed E-state index contributed by atoms with van der Waals surface area (Å²) in [5.74, 6) is 0. The normalized spacial score (nSPS) is 28.7. The first-order valence-electron chi connectivity index (χ1n) is 8.55. The highest BCUT2D eigenvalue weighted by atomic mass is 79.9. The van der Waals surface area contributed by atoms with Crippen LogP contribution in [-0.4, -0.2) is 38.7 Å². The van der Waals surface area contributed by atoms with E-state index in [0.717, 1.165) is 35.7 Å². The van der Waals surface area contributed by atoms with Crippen LogP contribution in [-0.2, 0) is 10.2 Å². The van der Waals surface area contributed by atoms with Crippen molar-refractivity contribution in [2.24, 2.45) is 5.73 Å². The number of thiocarbonyl (C=S) groups is 1. The number of ether oxygens (including phenoxy) is 1. The molecule has 1 amide bonds. The van der Waals surface area contributed by atoms with Gasteiger partial charge in [0.1, 0.15) is 5.60 Å². The largest absolute Gasteiger partial charge is 0.444 e. The molecular weight excluding hydrogens is 402 g/mol. The van der Waals surface area contributed by atoms with Crippen LogP contribution in [0.3, 0.4) is 0 Å². The lowest BCUT2D eigenvalue weighted by molar-refractivity contribution is 0.00306. The number of aromatic nitrogens is 1. The molecule has 2 N–H and O–H groups in total. The summed E-state index contributed by atoms with van der Waals surface area (Å²) in [6, 6.07) is 2.22. The number of rotatable bonds is 2. The Kier molecular flexibility index (Phi) is 4.83. The van der Waals surface area contributed by atoms with Crippen molar-refractivity contribution in [1.29, 1.82) is 0 Å². The number of hydrogen-bond acceptors (Lipinski definition) is 4. The Morgan fingerprint density at radius 1 is 1.36 bits per heavy atom. The molecule has 2 aliphatic heterocycles. The molecule has 2 aliphatic rings. The van der Waals surface area contributed by atoms with E-state index >= 15 is 0 Å². The van der Waals surface area contributed by atoms with Crippen LogP contribution < -0.4 is 5.73 Å². The van der Waals surface area contributed by atoms with E-state index in [9.17, 15) is 4.79 Å². The molecule has 2 bridgehead atoms. The minimum Gasteiger partial charge on any atom is -0.444 e. The van der Waals surface area contributed by atoms with E-state index in [-0.39, 0.29) is 18.2 Å². The summed E-state index contributed by atoms with van der Waals surface area (Å²) in [4.78, 5) is 19.3. The SMILES string of the molecule is CC(C)(C)OC(=O)N1[C@@H]2CC[C@H]1C[C@](C(N)=S)(c1cncc(Br)c1)C2. The van der Waals surface area contributed by atoms with Crippen LogP contribution >= 0.6 is 28.1 Å². The number of carbonyl (C=O) groups is 1. The molecule has 5 nitrogen and oxygen atoms in total. The third-order valence-electron chi connectivity index (χ3n) is 5.12. The second-order valence-corrected chi connectivity index (χ2v) is 9.37. The van der Waals surface area contributed by atoms with E-state index in [1.165, 1.54) is 0 Å². The Balaban J connectivity index is 1.91. The minimum atomic E-state index is -0.498. The van der Waals surface area contributed by atoms with Crippen molar-refractivity contribution in [3.63, 3.8) is 0 Å². The zero-order valence-corrected chi connectivity index (χ0v) is 17.2. The first-order chi connectivity index (χ1) is 11.6. The van der Waals surface area contributed by atoms with Gasteiger partial charge in [0.15, 0.2) is 0 Å². The molecular formula is C18H24BrN3O2S. The van der Waals surface area contributed by atoms with Gasteiger partial charge in [-0.15, -0.1) is 0 Å². The van der Waals surface area contributed by atoms with Gasteiger partial charge in [-0.3, -0.25) is 4.98 Å². The zero-order valence-electron chi connectivity index (χ0n) is 14.8. The lowest BCUT2D eigenvalue weighted by Crippen LogP contribution is -2.56.